The molecular weight excluding hydrogens is 278 g/mol. The van der Waals surface area contributed by atoms with Crippen molar-refractivity contribution in [3.63, 3.8) is 0 Å². The molecule has 0 radical (unpaired) electrons. The van der Waals surface area contributed by atoms with E-state index >= 15 is 0 Å². The molecular formula is C18H27NO3. The third kappa shape index (κ3) is 5.17. The van der Waals surface area contributed by atoms with Gasteiger partial charge in [0.15, 0.2) is 0 Å². The molecule has 0 N–H and O–H groups in total. The summed E-state index contributed by atoms with van der Waals surface area (Å²) in [5.74, 6) is -0.234. The third-order valence-corrected chi connectivity index (χ3v) is 3.51. The van der Waals surface area contributed by atoms with E-state index in [0.717, 1.165) is 5.56 Å². The second-order valence-corrected chi connectivity index (χ2v) is 6.39. The van der Waals surface area contributed by atoms with Gasteiger partial charge in [0, 0.05) is 12.0 Å². The van der Waals surface area contributed by atoms with Crippen molar-refractivity contribution < 1.29 is 14.3 Å². The molecule has 0 saturated heterocycles. The zero-order chi connectivity index (χ0) is 16.8. The molecule has 4 heteroatoms. The monoisotopic (exact) mass is 305 g/mol. The van der Waals surface area contributed by atoms with Crippen LogP contribution in [0, 0.1) is 5.41 Å². The molecule has 0 aliphatic rings. The summed E-state index contributed by atoms with van der Waals surface area (Å²) in [4.78, 5) is 26.1. The number of amides is 1. The number of rotatable bonds is 6. The number of carbonyl (C=O) groups is 2. The second kappa shape index (κ2) is 7.97. The summed E-state index contributed by atoms with van der Waals surface area (Å²) >= 11 is 0. The van der Waals surface area contributed by atoms with Crippen LogP contribution in [0.3, 0.4) is 0 Å². The SMILES string of the molecule is CCOC(=O)CCN(C(=O)C(C)(C)C)C(C)c1ccccc1. The molecule has 0 fully saturated rings. The number of ether oxygens (including phenoxy) is 1. The Morgan fingerprint density at radius 1 is 1.18 bits per heavy atom. The second-order valence-electron chi connectivity index (χ2n) is 6.39. The van der Waals surface area contributed by atoms with Crippen molar-refractivity contribution in [3.05, 3.63) is 35.9 Å². The average molecular weight is 305 g/mol. The van der Waals surface area contributed by atoms with Crippen LogP contribution < -0.4 is 0 Å². The number of nitrogens with zero attached hydrogens (tertiary/aromatic N) is 1. The van der Waals surface area contributed by atoms with Gasteiger partial charge in [0.2, 0.25) is 5.91 Å². The first-order valence-electron chi connectivity index (χ1n) is 7.79. The Labute approximate surface area is 133 Å². The van der Waals surface area contributed by atoms with Crippen LogP contribution in [-0.2, 0) is 14.3 Å². The highest BCUT2D eigenvalue weighted by atomic mass is 16.5. The lowest BCUT2D eigenvalue weighted by Gasteiger charge is -2.34. The van der Waals surface area contributed by atoms with Crippen molar-refractivity contribution in [1.82, 2.24) is 4.90 Å². The Kier molecular flexibility index (Phi) is 6.60. The maximum Gasteiger partial charge on any atom is 0.307 e. The van der Waals surface area contributed by atoms with Crippen LogP contribution >= 0.6 is 0 Å². The van der Waals surface area contributed by atoms with Crippen LogP contribution in [0.4, 0.5) is 0 Å². The maximum absolute atomic E-state index is 12.7. The Bertz CT molecular complexity index is 491. The molecule has 1 aromatic rings. The van der Waals surface area contributed by atoms with Crippen molar-refractivity contribution in [2.24, 2.45) is 5.41 Å². The maximum atomic E-state index is 12.7. The number of hydrogen-bond donors (Lipinski definition) is 0. The molecule has 1 unspecified atom stereocenters. The minimum absolute atomic E-state index is 0.0353. The predicted octanol–water partition coefficient (Wildman–Crippen LogP) is 3.58. The molecule has 0 aliphatic carbocycles. The molecule has 122 valence electrons. The van der Waals surface area contributed by atoms with Gasteiger partial charge >= 0.3 is 5.97 Å². The highest BCUT2D eigenvalue weighted by Gasteiger charge is 2.31. The lowest BCUT2D eigenvalue weighted by molar-refractivity contribution is -0.146. The zero-order valence-electron chi connectivity index (χ0n) is 14.3. The van der Waals surface area contributed by atoms with Crippen LogP contribution in [0.5, 0.6) is 0 Å². The molecule has 1 amide bonds. The quantitative estimate of drug-likeness (QED) is 0.755. The zero-order valence-corrected chi connectivity index (χ0v) is 14.3. The molecule has 0 heterocycles. The van der Waals surface area contributed by atoms with Gasteiger partial charge in [0.05, 0.1) is 19.1 Å². The van der Waals surface area contributed by atoms with E-state index < -0.39 is 5.41 Å². The third-order valence-electron chi connectivity index (χ3n) is 3.51. The van der Waals surface area contributed by atoms with Gasteiger partial charge in [-0.2, -0.15) is 0 Å². The standard InChI is InChI=1S/C18H27NO3/c1-6-22-16(20)12-13-19(17(21)18(3,4)5)14(2)15-10-8-7-9-11-15/h7-11,14H,6,12-13H2,1-5H3. The fraction of sp³-hybridized carbons (Fsp3) is 0.556. The van der Waals surface area contributed by atoms with Crippen molar-refractivity contribution in [3.8, 4) is 0 Å². The number of carbonyl (C=O) groups excluding carboxylic acids is 2. The Balaban J connectivity index is 2.91. The highest BCUT2D eigenvalue weighted by molar-refractivity contribution is 5.82. The van der Waals surface area contributed by atoms with Crippen LogP contribution in [0.15, 0.2) is 30.3 Å². The van der Waals surface area contributed by atoms with Crippen LogP contribution in [0.1, 0.15) is 52.6 Å². The van der Waals surface area contributed by atoms with Gasteiger partial charge < -0.3 is 9.64 Å². The van der Waals surface area contributed by atoms with E-state index in [0.29, 0.717) is 13.2 Å². The summed E-state index contributed by atoms with van der Waals surface area (Å²) in [5.41, 5.74) is 0.571. The summed E-state index contributed by atoms with van der Waals surface area (Å²) in [5, 5.41) is 0. The van der Waals surface area contributed by atoms with Crippen molar-refractivity contribution >= 4 is 11.9 Å². The summed E-state index contributed by atoms with van der Waals surface area (Å²) in [6, 6.07) is 9.77. The van der Waals surface area contributed by atoms with E-state index in [2.05, 4.69) is 0 Å². The molecule has 0 saturated carbocycles. The molecule has 1 aromatic carbocycles. The first kappa shape index (κ1) is 18.2. The summed E-state index contributed by atoms with van der Waals surface area (Å²) in [6.45, 7) is 10.2. The Morgan fingerprint density at radius 3 is 2.27 bits per heavy atom. The highest BCUT2D eigenvalue weighted by Crippen LogP contribution is 2.26. The Morgan fingerprint density at radius 2 is 1.77 bits per heavy atom. The van der Waals surface area contributed by atoms with Crippen molar-refractivity contribution in [1.29, 1.82) is 0 Å². The first-order chi connectivity index (χ1) is 10.3. The molecule has 4 nitrogen and oxygen atoms in total. The molecule has 22 heavy (non-hydrogen) atoms. The lowest BCUT2D eigenvalue weighted by atomic mass is 9.93. The lowest BCUT2D eigenvalue weighted by Crippen LogP contribution is -2.42. The van der Waals surface area contributed by atoms with Gasteiger partial charge in [0.25, 0.3) is 0 Å². The van der Waals surface area contributed by atoms with Gasteiger partial charge in [-0.3, -0.25) is 9.59 Å². The molecule has 0 aliphatic heterocycles. The van der Waals surface area contributed by atoms with Crippen molar-refractivity contribution in [2.75, 3.05) is 13.2 Å². The topological polar surface area (TPSA) is 46.6 Å². The van der Waals surface area contributed by atoms with Gasteiger partial charge in [0.1, 0.15) is 0 Å². The van der Waals surface area contributed by atoms with Crippen LogP contribution in [-0.4, -0.2) is 29.9 Å². The van der Waals surface area contributed by atoms with E-state index in [9.17, 15) is 9.59 Å². The van der Waals surface area contributed by atoms with E-state index in [-0.39, 0.29) is 24.3 Å². The summed E-state index contributed by atoms with van der Waals surface area (Å²) in [6.07, 6.45) is 0.215. The summed E-state index contributed by atoms with van der Waals surface area (Å²) in [7, 11) is 0. The van der Waals surface area contributed by atoms with Gasteiger partial charge in [-0.15, -0.1) is 0 Å². The molecule has 0 aromatic heterocycles. The van der Waals surface area contributed by atoms with Crippen LogP contribution in [0.2, 0.25) is 0 Å². The number of benzene rings is 1. The normalized spacial score (nSPS) is 12.6. The molecule has 0 bridgehead atoms. The van der Waals surface area contributed by atoms with E-state index in [4.69, 9.17) is 4.74 Å². The van der Waals surface area contributed by atoms with E-state index in [1.807, 2.05) is 58.0 Å². The van der Waals surface area contributed by atoms with E-state index in [1.54, 1.807) is 11.8 Å². The van der Waals surface area contributed by atoms with Gasteiger partial charge in [-0.05, 0) is 19.4 Å². The minimum Gasteiger partial charge on any atom is -0.466 e. The molecule has 0 spiro atoms. The minimum atomic E-state index is -0.488. The number of esters is 1. The van der Waals surface area contributed by atoms with Crippen LogP contribution in [0.25, 0.3) is 0 Å². The Hall–Kier alpha value is -1.84. The van der Waals surface area contributed by atoms with E-state index in [1.165, 1.54) is 0 Å². The average Bonchev–Trinajstić information content (AvgIpc) is 2.47. The fourth-order valence-corrected chi connectivity index (χ4v) is 2.26. The largest absolute Gasteiger partial charge is 0.466 e. The predicted molar refractivity (Wildman–Crippen MR) is 87.3 cm³/mol. The molecule has 1 rings (SSSR count). The smallest absolute Gasteiger partial charge is 0.307 e. The number of hydrogen-bond acceptors (Lipinski definition) is 3. The molecule has 1 atom stereocenters. The van der Waals surface area contributed by atoms with Gasteiger partial charge in [-0.25, -0.2) is 0 Å². The first-order valence-corrected chi connectivity index (χ1v) is 7.79. The summed E-state index contributed by atoms with van der Waals surface area (Å²) < 4.78 is 4.97. The fourth-order valence-electron chi connectivity index (χ4n) is 2.26. The van der Waals surface area contributed by atoms with Gasteiger partial charge in [-0.1, -0.05) is 51.1 Å². The van der Waals surface area contributed by atoms with Crippen molar-refractivity contribution in [2.45, 2.75) is 47.1 Å².